The van der Waals surface area contributed by atoms with E-state index >= 15 is 0 Å². The first-order valence-electron chi connectivity index (χ1n) is 7.14. The van der Waals surface area contributed by atoms with Crippen LogP contribution in [0, 0.1) is 12.8 Å². The Hall–Kier alpha value is -0.640. The van der Waals surface area contributed by atoms with Crippen molar-refractivity contribution in [1.82, 2.24) is 0 Å². The van der Waals surface area contributed by atoms with E-state index in [0.29, 0.717) is 25.8 Å². The molecule has 0 bridgehead atoms. The number of hydrogen-bond acceptors (Lipinski definition) is 1. The van der Waals surface area contributed by atoms with Gasteiger partial charge in [-0.15, -0.1) is 11.6 Å². The average molecular weight is 424 g/mol. The van der Waals surface area contributed by atoms with Crippen LogP contribution in [-0.4, -0.2) is 11.3 Å². The van der Waals surface area contributed by atoms with Gasteiger partial charge >= 0.3 is 0 Å². The zero-order valence-corrected chi connectivity index (χ0v) is 16.2. The van der Waals surface area contributed by atoms with E-state index in [9.17, 15) is 4.79 Å². The molecule has 0 aromatic heterocycles. The molecule has 1 saturated carbocycles. The van der Waals surface area contributed by atoms with E-state index in [1.165, 1.54) is 0 Å². The molecule has 7 heteroatoms. The molecule has 1 fully saturated rings. The molecule has 126 valence electrons. The predicted molar refractivity (Wildman–Crippen MR) is 102 cm³/mol. The molecule has 0 saturated heterocycles. The lowest BCUT2D eigenvalue weighted by atomic mass is 10.1. The lowest BCUT2D eigenvalue weighted by Crippen LogP contribution is -2.16. The van der Waals surface area contributed by atoms with Gasteiger partial charge in [-0.2, -0.15) is 0 Å². The van der Waals surface area contributed by atoms with Crippen LogP contribution < -0.4 is 5.32 Å². The number of aryl methyl sites for hydroxylation is 1. The van der Waals surface area contributed by atoms with E-state index < -0.39 is 0 Å². The van der Waals surface area contributed by atoms with Crippen LogP contribution in [0.1, 0.15) is 17.0 Å². The Balaban J connectivity index is 1.78. The summed E-state index contributed by atoms with van der Waals surface area (Å²) in [6, 6.07) is 8.54. The fourth-order valence-corrected chi connectivity index (χ4v) is 4.17. The second kappa shape index (κ2) is 6.93. The average Bonchev–Trinajstić information content (AvgIpc) is 3.15. The molecule has 2 nitrogen and oxygen atoms in total. The number of halogens is 5. The summed E-state index contributed by atoms with van der Waals surface area (Å²) < 4.78 is 0. The van der Waals surface area contributed by atoms with Crippen LogP contribution in [0.3, 0.4) is 0 Å². The van der Waals surface area contributed by atoms with Gasteiger partial charge in [0, 0.05) is 21.0 Å². The van der Waals surface area contributed by atoms with Gasteiger partial charge in [-0.1, -0.05) is 46.4 Å². The number of hydrogen-bond donors (Lipinski definition) is 1. The minimum Gasteiger partial charge on any atom is -0.324 e. The molecule has 0 aliphatic heterocycles. The highest BCUT2D eigenvalue weighted by atomic mass is 35.5. The van der Waals surface area contributed by atoms with Gasteiger partial charge in [0.15, 0.2) is 0 Å². The molecular formula is C17H12Cl5NO. The number of alkyl halides is 1. The van der Waals surface area contributed by atoms with Crippen molar-refractivity contribution in [1.29, 1.82) is 0 Å². The van der Waals surface area contributed by atoms with E-state index in [4.69, 9.17) is 58.0 Å². The van der Waals surface area contributed by atoms with Crippen LogP contribution in [0.5, 0.6) is 0 Å². The summed E-state index contributed by atoms with van der Waals surface area (Å²) in [5, 5.41) is 4.47. The van der Waals surface area contributed by atoms with E-state index in [0.717, 1.165) is 11.1 Å². The molecular weight excluding hydrogens is 411 g/mol. The lowest BCUT2D eigenvalue weighted by Gasteiger charge is -2.09. The molecule has 0 spiro atoms. The molecule has 1 aliphatic carbocycles. The first-order valence-corrected chi connectivity index (χ1v) is 9.09. The summed E-state index contributed by atoms with van der Waals surface area (Å²) in [5.74, 6) is -0.692. The number of anilines is 1. The van der Waals surface area contributed by atoms with Gasteiger partial charge in [0.05, 0.1) is 22.0 Å². The Morgan fingerprint density at radius 2 is 1.58 bits per heavy atom. The Morgan fingerprint density at radius 1 is 0.958 bits per heavy atom. The van der Waals surface area contributed by atoms with Crippen LogP contribution in [0.2, 0.25) is 20.1 Å². The number of benzene rings is 2. The molecule has 1 N–H and O–H groups in total. The number of nitrogens with one attached hydrogen (secondary N) is 1. The maximum absolute atomic E-state index is 12.5. The van der Waals surface area contributed by atoms with E-state index in [1.54, 1.807) is 30.3 Å². The van der Waals surface area contributed by atoms with Crippen molar-refractivity contribution in [3.63, 3.8) is 0 Å². The predicted octanol–water partition coefficient (Wildman–Crippen LogP) is 6.57. The molecule has 24 heavy (non-hydrogen) atoms. The quantitative estimate of drug-likeness (QED) is 0.556. The van der Waals surface area contributed by atoms with Crippen LogP contribution in [0.25, 0.3) is 0 Å². The summed E-state index contributed by atoms with van der Waals surface area (Å²) >= 11 is 30.5. The van der Waals surface area contributed by atoms with Crippen LogP contribution in [0.15, 0.2) is 30.3 Å². The van der Waals surface area contributed by atoms with Crippen molar-refractivity contribution < 1.29 is 4.79 Å². The normalized spacial score (nSPS) is 22.3. The lowest BCUT2D eigenvalue weighted by molar-refractivity contribution is -0.117. The van der Waals surface area contributed by atoms with Gasteiger partial charge in [-0.25, -0.2) is 0 Å². The SMILES string of the molecule is Cc1cc(NC(=O)C2C(Cl)C2c2cc(Cl)cc(Cl)c2)c(Cl)cc1Cl. The van der Waals surface area contributed by atoms with Gasteiger partial charge in [0.25, 0.3) is 0 Å². The molecule has 2 aromatic carbocycles. The largest absolute Gasteiger partial charge is 0.324 e. The second-order valence-corrected chi connectivity index (χ2v) is 7.96. The fraction of sp³-hybridized carbons (Fsp3) is 0.235. The highest BCUT2D eigenvalue weighted by Gasteiger charge is 2.54. The topological polar surface area (TPSA) is 29.1 Å². The number of rotatable bonds is 3. The van der Waals surface area contributed by atoms with Crippen LogP contribution >= 0.6 is 58.0 Å². The minimum atomic E-state index is -0.367. The molecule has 0 radical (unpaired) electrons. The third-order valence-electron chi connectivity index (χ3n) is 4.01. The first kappa shape index (κ1) is 18.2. The van der Waals surface area contributed by atoms with E-state index in [-0.39, 0.29) is 23.1 Å². The second-order valence-electron chi connectivity index (χ2n) is 5.77. The monoisotopic (exact) mass is 421 g/mol. The fourth-order valence-electron chi connectivity index (χ4n) is 2.71. The maximum Gasteiger partial charge on any atom is 0.229 e. The molecule has 1 aliphatic rings. The standard InChI is InChI=1S/C17H12Cl5NO/c1-7-2-13(12(21)6-11(7)20)23-17(24)15-14(16(15)22)8-3-9(18)5-10(19)4-8/h2-6,14-16H,1H3,(H,23,24). The zero-order chi connectivity index (χ0) is 17.6. The smallest absolute Gasteiger partial charge is 0.229 e. The number of carbonyl (C=O) groups is 1. The molecule has 0 heterocycles. The van der Waals surface area contributed by atoms with Crippen LogP contribution in [0.4, 0.5) is 5.69 Å². The summed E-state index contributed by atoms with van der Waals surface area (Å²) in [6.45, 7) is 1.84. The molecule has 3 atom stereocenters. The van der Waals surface area contributed by atoms with E-state index in [2.05, 4.69) is 5.32 Å². The molecule has 3 unspecified atom stereocenters. The Bertz CT molecular complexity index is 803. The van der Waals surface area contributed by atoms with E-state index in [1.807, 2.05) is 6.92 Å². The Kier molecular flexibility index (Phi) is 5.25. The summed E-state index contributed by atoms with van der Waals surface area (Å²) in [4.78, 5) is 12.5. The van der Waals surface area contributed by atoms with Gasteiger partial charge < -0.3 is 5.32 Å². The summed E-state index contributed by atoms with van der Waals surface area (Å²) in [5.41, 5.74) is 2.20. The van der Waals surface area contributed by atoms with Gasteiger partial charge in [0.1, 0.15) is 0 Å². The number of carbonyl (C=O) groups excluding carboxylic acids is 1. The summed E-state index contributed by atoms with van der Waals surface area (Å²) in [7, 11) is 0. The maximum atomic E-state index is 12.5. The third kappa shape index (κ3) is 3.63. The molecule has 3 rings (SSSR count). The highest BCUT2D eigenvalue weighted by Crippen LogP contribution is 2.53. The minimum absolute atomic E-state index is 0.130. The summed E-state index contributed by atoms with van der Waals surface area (Å²) in [6.07, 6.45) is 0. The van der Waals surface area contributed by atoms with Gasteiger partial charge in [-0.3, -0.25) is 4.79 Å². The van der Waals surface area contributed by atoms with Crippen molar-refractivity contribution in [3.05, 3.63) is 61.5 Å². The van der Waals surface area contributed by atoms with Crippen molar-refractivity contribution in [3.8, 4) is 0 Å². The van der Waals surface area contributed by atoms with Crippen LogP contribution in [-0.2, 0) is 4.79 Å². The third-order valence-corrected chi connectivity index (χ3v) is 5.71. The highest BCUT2D eigenvalue weighted by molar-refractivity contribution is 6.37. The van der Waals surface area contributed by atoms with Crippen molar-refractivity contribution in [2.24, 2.45) is 5.92 Å². The number of amides is 1. The first-order chi connectivity index (χ1) is 11.3. The van der Waals surface area contributed by atoms with Crippen molar-refractivity contribution in [2.75, 3.05) is 5.32 Å². The van der Waals surface area contributed by atoms with Crippen molar-refractivity contribution in [2.45, 2.75) is 18.2 Å². The molecule has 1 amide bonds. The van der Waals surface area contributed by atoms with Gasteiger partial charge in [0.2, 0.25) is 5.91 Å². The van der Waals surface area contributed by atoms with Crippen molar-refractivity contribution >= 4 is 69.6 Å². The Morgan fingerprint density at radius 3 is 2.21 bits per heavy atom. The Labute approximate surface area is 165 Å². The van der Waals surface area contributed by atoms with Gasteiger partial charge in [-0.05, 0) is 48.4 Å². The molecule has 2 aromatic rings. The zero-order valence-electron chi connectivity index (χ0n) is 12.4.